The van der Waals surface area contributed by atoms with Crippen molar-refractivity contribution in [2.45, 2.75) is 6.61 Å². The quantitative estimate of drug-likeness (QED) is 0.902. The highest BCUT2D eigenvalue weighted by atomic mass is 19.1. The fourth-order valence-electron chi connectivity index (χ4n) is 1.81. The monoisotopic (exact) mass is 249 g/mol. The van der Waals surface area contributed by atoms with E-state index in [1.54, 1.807) is 30.1 Å². The molecule has 0 atom stereocenters. The summed E-state index contributed by atoms with van der Waals surface area (Å²) in [5.41, 5.74) is 1.94. The predicted molar refractivity (Wildman–Crippen MR) is 66.8 cm³/mol. The van der Waals surface area contributed by atoms with E-state index in [1.165, 1.54) is 24.3 Å². The molecule has 0 aliphatic heterocycles. The SMILES string of the molecule is CN(c1ccc(F)cc1)c1ccc(F)cc1CO. The summed E-state index contributed by atoms with van der Waals surface area (Å²) in [4.78, 5) is 1.77. The molecule has 1 N–H and O–H groups in total. The summed E-state index contributed by atoms with van der Waals surface area (Å²) in [7, 11) is 1.78. The topological polar surface area (TPSA) is 23.5 Å². The molecule has 0 radical (unpaired) electrons. The highest BCUT2D eigenvalue weighted by Crippen LogP contribution is 2.27. The van der Waals surface area contributed by atoms with Gasteiger partial charge in [0.1, 0.15) is 11.6 Å². The fourth-order valence-corrected chi connectivity index (χ4v) is 1.81. The van der Waals surface area contributed by atoms with Gasteiger partial charge in [-0.05, 0) is 42.5 Å². The first-order valence-electron chi connectivity index (χ1n) is 5.50. The van der Waals surface area contributed by atoms with Crippen molar-refractivity contribution in [3.05, 3.63) is 59.7 Å². The number of aliphatic hydroxyl groups is 1. The van der Waals surface area contributed by atoms with Crippen LogP contribution in [0.2, 0.25) is 0 Å². The van der Waals surface area contributed by atoms with Gasteiger partial charge >= 0.3 is 0 Å². The molecule has 2 nitrogen and oxygen atoms in total. The molecule has 0 spiro atoms. The van der Waals surface area contributed by atoms with Crippen molar-refractivity contribution in [2.75, 3.05) is 11.9 Å². The first kappa shape index (κ1) is 12.5. The minimum Gasteiger partial charge on any atom is -0.392 e. The molecule has 0 aliphatic carbocycles. The van der Waals surface area contributed by atoms with Crippen molar-refractivity contribution in [2.24, 2.45) is 0 Å². The molecular weight excluding hydrogens is 236 g/mol. The number of halogens is 2. The van der Waals surface area contributed by atoms with Crippen molar-refractivity contribution < 1.29 is 13.9 Å². The average molecular weight is 249 g/mol. The highest BCUT2D eigenvalue weighted by molar-refractivity contribution is 5.65. The lowest BCUT2D eigenvalue weighted by Crippen LogP contribution is -2.12. The van der Waals surface area contributed by atoms with Crippen LogP contribution in [0.4, 0.5) is 20.2 Å². The maximum atomic E-state index is 13.1. The van der Waals surface area contributed by atoms with Crippen LogP contribution in [-0.4, -0.2) is 12.2 Å². The molecular formula is C14H13F2NO. The van der Waals surface area contributed by atoms with Crippen molar-refractivity contribution in [1.29, 1.82) is 0 Å². The maximum Gasteiger partial charge on any atom is 0.123 e. The molecule has 0 aliphatic rings. The zero-order valence-corrected chi connectivity index (χ0v) is 9.90. The third-order valence-electron chi connectivity index (χ3n) is 2.79. The van der Waals surface area contributed by atoms with Crippen LogP contribution in [0.15, 0.2) is 42.5 Å². The van der Waals surface area contributed by atoms with E-state index in [0.717, 1.165) is 5.69 Å². The van der Waals surface area contributed by atoms with Crippen LogP contribution in [0.1, 0.15) is 5.56 Å². The summed E-state index contributed by atoms with van der Waals surface area (Å²) in [6.45, 7) is -0.251. The Morgan fingerprint density at radius 2 is 1.61 bits per heavy atom. The van der Waals surface area contributed by atoms with Crippen LogP contribution in [0.3, 0.4) is 0 Å². The fraction of sp³-hybridized carbons (Fsp3) is 0.143. The molecule has 0 saturated heterocycles. The van der Waals surface area contributed by atoms with E-state index in [9.17, 15) is 13.9 Å². The van der Waals surface area contributed by atoms with E-state index >= 15 is 0 Å². The standard InChI is InChI=1S/C14H13F2NO/c1-17(13-5-2-11(15)3-6-13)14-7-4-12(16)8-10(14)9-18/h2-8,18H,9H2,1H3. The lowest BCUT2D eigenvalue weighted by molar-refractivity contribution is 0.281. The van der Waals surface area contributed by atoms with E-state index in [4.69, 9.17) is 0 Å². The lowest BCUT2D eigenvalue weighted by atomic mass is 10.1. The molecule has 0 saturated carbocycles. The Labute approximate surface area is 104 Å². The maximum absolute atomic E-state index is 13.1. The molecule has 2 aromatic carbocycles. The summed E-state index contributed by atoms with van der Waals surface area (Å²) in [6, 6.07) is 10.2. The van der Waals surface area contributed by atoms with Gasteiger partial charge in [-0.2, -0.15) is 0 Å². The highest BCUT2D eigenvalue weighted by Gasteiger charge is 2.09. The van der Waals surface area contributed by atoms with Crippen LogP contribution < -0.4 is 4.90 Å². The van der Waals surface area contributed by atoms with E-state index in [1.807, 2.05) is 0 Å². The van der Waals surface area contributed by atoms with Gasteiger partial charge in [-0.3, -0.25) is 0 Å². The van der Waals surface area contributed by atoms with Gasteiger partial charge in [0, 0.05) is 24.0 Å². The van der Waals surface area contributed by atoms with Crippen molar-refractivity contribution in [3.8, 4) is 0 Å². The first-order chi connectivity index (χ1) is 8.61. The Morgan fingerprint density at radius 3 is 2.22 bits per heavy atom. The molecule has 94 valence electrons. The van der Waals surface area contributed by atoms with Crippen molar-refractivity contribution in [1.82, 2.24) is 0 Å². The number of benzene rings is 2. The Balaban J connectivity index is 2.39. The summed E-state index contributed by atoms with van der Waals surface area (Å²) in [6.07, 6.45) is 0. The van der Waals surface area contributed by atoms with E-state index in [0.29, 0.717) is 11.3 Å². The summed E-state index contributed by atoms with van der Waals surface area (Å²) < 4.78 is 25.9. The second kappa shape index (κ2) is 5.14. The van der Waals surface area contributed by atoms with Gasteiger partial charge in [-0.1, -0.05) is 0 Å². The largest absolute Gasteiger partial charge is 0.392 e. The van der Waals surface area contributed by atoms with Gasteiger partial charge < -0.3 is 10.0 Å². The molecule has 0 bridgehead atoms. The molecule has 0 fully saturated rings. The molecule has 0 unspecified atom stereocenters. The Morgan fingerprint density at radius 1 is 1.00 bits per heavy atom. The molecule has 0 aromatic heterocycles. The number of rotatable bonds is 3. The Hall–Kier alpha value is -1.94. The predicted octanol–water partition coefficient (Wildman–Crippen LogP) is 3.23. The minimum absolute atomic E-state index is 0.251. The number of aliphatic hydroxyl groups excluding tert-OH is 1. The Bertz CT molecular complexity index is 540. The van der Waals surface area contributed by atoms with Gasteiger partial charge in [0.05, 0.1) is 6.61 Å². The third kappa shape index (κ3) is 2.49. The Kier molecular flexibility index (Phi) is 3.58. The third-order valence-corrected chi connectivity index (χ3v) is 2.79. The van der Waals surface area contributed by atoms with Crippen LogP contribution in [-0.2, 0) is 6.61 Å². The molecule has 0 amide bonds. The van der Waals surface area contributed by atoms with Gasteiger partial charge in [0.25, 0.3) is 0 Å². The van der Waals surface area contributed by atoms with Crippen molar-refractivity contribution >= 4 is 11.4 Å². The number of nitrogens with zero attached hydrogens (tertiary/aromatic N) is 1. The normalized spacial score (nSPS) is 10.4. The van der Waals surface area contributed by atoms with Crippen LogP contribution >= 0.6 is 0 Å². The molecule has 2 rings (SSSR count). The molecule has 18 heavy (non-hydrogen) atoms. The first-order valence-corrected chi connectivity index (χ1v) is 5.50. The van der Waals surface area contributed by atoms with E-state index < -0.39 is 5.82 Å². The zero-order valence-electron chi connectivity index (χ0n) is 9.90. The molecule has 2 aromatic rings. The second-order valence-electron chi connectivity index (χ2n) is 3.97. The lowest BCUT2D eigenvalue weighted by Gasteiger charge is -2.22. The summed E-state index contributed by atoms with van der Waals surface area (Å²) >= 11 is 0. The van der Waals surface area contributed by atoms with E-state index in [-0.39, 0.29) is 12.4 Å². The number of anilines is 2. The van der Waals surface area contributed by atoms with Crippen molar-refractivity contribution in [3.63, 3.8) is 0 Å². The van der Waals surface area contributed by atoms with Gasteiger partial charge in [-0.25, -0.2) is 8.78 Å². The molecule has 0 heterocycles. The van der Waals surface area contributed by atoms with Gasteiger partial charge in [-0.15, -0.1) is 0 Å². The zero-order chi connectivity index (χ0) is 13.1. The average Bonchev–Trinajstić information content (AvgIpc) is 2.38. The number of hydrogen-bond donors (Lipinski definition) is 1. The van der Waals surface area contributed by atoms with Gasteiger partial charge in [0.2, 0.25) is 0 Å². The van der Waals surface area contributed by atoms with Gasteiger partial charge in [0.15, 0.2) is 0 Å². The number of hydrogen-bond acceptors (Lipinski definition) is 2. The van der Waals surface area contributed by atoms with Crippen LogP contribution in [0.25, 0.3) is 0 Å². The smallest absolute Gasteiger partial charge is 0.123 e. The molecule has 4 heteroatoms. The summed E-state index contributed by atoms with van der Waals surface area (Å²) in [5.74, 6) is -0.705. The second-order valence-corrected chi connectivity index (χ2v) is 3.97. The minimum atomic E-state index is -0.393. The van der Waals surface area contributed by atoms with Crippen LogP contribution in [0.5, 0.6) is 0 Å². The van der Waals surface area contributed by atoms with E-state index in [2.05, 4.69) is 0 Å². The van der Waals surface area contributed by atoms with Crippen LogP contribution in [0, 0.1) is 11.6 Å². The summed E-state index contributed by atoms with van der Waals surface area (Å²) in [5, 5.41) is 9.23.